The highest BCUT2D eigenvalue weighted by Crippen LogP contribution is 2.18. The standard InChI is InChI=1S/C15H30N4/c1-5-15(13-16,17-2)9-7-10-18(3)12-14-8-6-11-19(14)4/h14,17H,5-12H2,1-4H3. The maximum Gasteiger partial charge on any atom is 0.106 e. The molecule has 1 N–H and O–H groups in total. The SMILES string of the molecule is CCC(C#N)(CCCN(C)CC1CCCN1C)NC. The Morgan fingerprint density at radius 3 is 2.74 bits per heavy atom. The van der Waals surface area contributed by atoms with E-state index in [9.17, 15) is 5.26 Å². The van der Waals surface area contributed by atoms with Crippen molar-refractivity contribution in [3.63, 3.8) is 0 Å². The topological polar surface area (TPSA) is 42.3 Å². The molecule has 4 nitrogen and oxygen atoms in total. The number of hydrogen-bond donors (Lipinski definition) is 1. The Morgan fingerprint density at radius 2 is 2.26 bits per heavy atom. The molecule has 19 heavy (non-hydrogen) atoms. The van der Waals surface area contributed by atoms with Crippen LogP contribution >= 0.6 is 0 Å². The number of nitriles is 1. The minimum Gasteiger partial charge on any atom is -0.305 e. The van der Waals surface area contributed by atoms with Gasteiger partial charge in [-0.3, -0.25) is 0 Å². The van der Waals surface area contributed by atoms with Crippen LogP contribution in [0, 0.1) is 11.3 Å². The van der Waals surface area contributed by atoms with Crippen LogP contribution in [0.4, 0.5) is 0 Å². The summed E-state index contributed by atoms with van der Waals surface area (Å²) < 4.78 is 0. The van der Waals surface area contributed by atoms with E-state index in [1.807, 2.05) is 7.05 Å². The molecular formula is C15H30N4. The highest BCUT2D eigenvalue weighted by Gasteiger charge is 2.26. The van der Waals surface area contributed by atoms with Gasteiger partial charge < -0.3 is 15.1 Å². The first kappa shape index (κ1) is 16.4. The zero-order valence-electron chi connectivity index (χ0n) is 13.1. The Bertz CT molecular complexity index is 293. The lowest BCUT2D eigenvalue weighted by atomic mass is 9.92. The predicted octanol–water partition coefficient (Wildman–Crippen LogP) is 1.68. The van der Waals surface area contributed by atoms with Gasteiger partial charge in [0.2, 0.25) is 0 Å². The summed E-state index contributed by atoms with van der Waals surface area (Å²) in [5.74, 6) is 0. The van der Waals surface area contributed by atoms with Crippen molar-refractivity contribution in [3.8, 4) is 6.07 Å². The molecule has 2 unspecified atom stereocenters. The third kappa shape index (κ3) is 4.76. The van der Waals surface area contributed by atoms with Gasteiger partial charge >= 0.3 is 0 Å². The van der Waals surface area contributed by atoms with Gasteiger partial charge in [0.05, 0.1) is 6.07 Å². The smallest absolute Gasteiger partial charge is 0.106 e. The minimum absolute atomic E-state index is 0.328. The van der Waals surface area contributed by atoms with E-state index in [1.165, 1.54) is 19.4 Å². The van der Waals surface area contributed by atoms with Crippen LogP contribution in [-0.2, 0) is 0 Å². The van der Waals surface area contributed by atoms with Gasteiger partial charge in [0.15, 0.2) is 0 Å². The molecule has 0 amide bonds. The molecule has 1 fully saturated rings. The van der Waals surface area contributed by atoms with E-state index < -0.39 is 0 Å². The van der Waals surface area contributed by atoms with Gasteiger partial charge in [-0.15, -0.1) is 0 Å². The van der Waals surface area contributed by atoms with Crippen LogP contribution in [0.1, 0.15) is 39.0 Å². The molecule has 2 atom stereocenters. The first-order valence-electron chi connectivity index (χ1n) is 7.56. The van der Waals surface area contributed by atoms with E-state index in [2.05, 4.69) is 42.2 Å². The Kier molecular flexibility index (Phi) is 6.78. The monoisotopic (exact) mass is 266 g/mol. The van der Waals surface area contributed by atoms with Crippen molar-refractivity contribution < 1.29 is 0 Å². The van der Waals surface area contributed by atoms with Gasteiger partial charge in [0, 0.05) is 12.6 Å². The number of nitrogens with one attached hydrogen (secondary N) is 1. The van der Waals surface area contributed by atoms with Crippen LogP contribution in [0.25, 0.3) is 0 Å². The summed E-state index contributed by atoms with van der Waals surface area (Å²) >= 11 is 0. The number of likely N-dealkylation sites (tertiary alicyclic amines) is 1. The fraction of sp³-hybridized carbons (Fsp3) is 0.933. The molecule has 0 bridgehead atoms. The average Bonchev–Trinajstić information content (AvgIpc) is 2.81. The summed E-state index contributed by atoms with van der Waals surface area (Å²) in [7, 11) is 6.32. The summed E-state index contributed by atoms with van der Waals surface area (Å²) in [6, 6.07) is 3.15. The van der Waals surface area contributed by atoms with E-state index in [4.69, 9.17) is 0 Å². The van der Waals surface area contributed by atoms with Crippen LogP contribution in [0.3, 0.4) is 0 Å². The zero-order valence-corrected chi connectivity index (χ0v) is 13.1. The molecule has 0 spiro atoms. The molecule has 0 aliphatic carbocycles. The number of nitrogens with zero attached hydrogens (tertiary/aromatic N) is 3. The van der Waals surface area contributed by atoms with Crippen molar-refractivity contribution in [2.24, 2.45) is 0 Å². The maximum atomic E-state index is 9.27. The molecule has 0 aromatic heterocycles. The van der Waals surface area contributed by atoms with Crippen molar-refractivity contribution in [1.29, 1.82) is 5.26 Å². The second-order valence-corrected chi connectivity index (χ2v) is 5.94. The van der Waals surface area contributed by atoms with Crippen LogP contribution in [0.5, 0.6) is 0 Å². The van der Waals surface area contributed by atoms with Crippen molar-refractivity contribution in [1.82, 2.24) is 15.1 Å². The molecule has 4 heteroatoms. The van der Waals surface area contributed by atoms with Crippen molar-refractivity contribution >= 4 is 0 Å². The first-order valence-corrected chi connectivity index (χ1v) is 7.56. The van der Waals surface area contributed by atoms with Gasteiger partial charge in [0.1, 0.15) is 5.54 Å². The molecule has 1 aliphatic heterocycles. The highest BCUT2D eigenvalue weighted by atomic mass is 15.2. The van der Waals surface area contributed by atoms with Gasteiger partial charge in [-0.25, -0.2) is 0 Å². The van der Waals surface area contributed by atoms with Crippen LogP contribution in [-0.4, -0.2) is 62.2 Å². The average molecular weight is 266 g/mol. The van der Waals surface area contributed by atoms with E-state index >= 15 is 0 Å². The van der Waals surface area contributed by atoms with Gasteiger partial charge in [-0.2, -0.15) is 5.26 Å². The van der Waals surface area contributed by atoms with Crippen molar-refractivity contribution in [3.05, 3.63) is 0 Å². The third-order valence-electron chi connectivity index (χ3n) is 4.63. The van der Waals surface area contributed by atoms with E-state index in [0.29, 0.717) is 0 Å². The lowest BCUT2D eigenvalue weighted by Gasteiger charge is -2.28. The minimum atomic E-state index is -0.328. The summed E-state index contributed by atoms with van der Waals surface area (Å²) in [5.41, 5.74) is -0.328. The number of hydrogen-bond acceptors (Lipinski definition) is 4. The maximum absolute atomic E-state index is 9.27. The first-order chi connectivity index (χ1) is 9.06. The predicted molar refractivity (Wildman–Crippen MR) is 80.1 cm³/mol. The van der Waals surface area contributed by atoms with Gasteiger partial charge in [-0.05, 0) is 66.3 Å². The number of likely N-dealkylation sites (N-methyl/N-ethyl adjacent to an activating group) is 2. The van der Waals surface area contributed by atoms with E-state index in [-0.39, 0.29) is 5.54 Å². The van der Waals surface area contributed by atoms with Gasteiger partial charge in [-0.1, -0.05) is 6.92 Å². The normalized spacial score (nSPS) is 23.5. The lowest BCUT2D eigenvalue weighted by molar-refractivity contribution is 0.213. The van der Waals surface area contributed by atoms with E-state index in [0.717, 1.165) is 38.4 Å². The second kappa shape index (κ2) is 7.84. The Morgan fingerprint density at radius 1 is 1.53 bits per heavy atom. The quantitative estimate of drug-likeness (QED) is 0.726. The molecular weight excluding hydrogens is 236 g/mol. The van der Waals surface area contributed by atoms with Crippen LogP contribution in [0.2, 0.25) is 0 Å². The molecule has 110 valence electrons. The zero-order chi connectivity index (χ0) is 14.3. The summed E-state index contributed by atoms with van der Waals surface area (Å²) in [6.07, 6.45) is 5.54. The molecule has 1 aliphatic rings. The third-order valence-corrected chi connectivity index (χ3v) is 4.63. The fourth-order valence-electron chi connectivity index (χ4n) is 2.98. The molecule has 0 saturated carbocycles. The van der Waals surface area contributed by atoms with Crippen molar-refractivity contribution in [2.45, 2.75) is 50.6 Å². The van der Waals surface area contributed by atoms with Crippen LogP contribution in [0.15, 0.2) is 0 Å². The molecule has 0 aromatic carbocycles. The Labute approximate surface area is 118 Å². The number of rotatable bonds is 8. The molecule has 1 rings (SSSR count). The molecule has 1 saturated heterocycles. The van der Waals surface area contributed by atoms with Crippen molar-refractivity contribution in [2.75, 3.05) is 40.8 Å². The summed E-state index contributed by atoms with van der Waals surface area (Å²) in [5, 5.41) is 12.5. The molecule has 0 radical (unpaired) electrons. The second-order valence-electron chi connectivity index (χ2n) is 5.94. The highest BCUT2D eigenvalue weighted by molar-refractivity contribution is 5.05. The van der Waals surface area contributed by atoms with E-state index in [1.54, 1.807) is 0 Å². The largest absolute Gasteiger partial charge is 0.305 e. The fourth-order valence-corrected chi connectivity index (χ4v) is 2.98. The lowest BCUT2D eigenvalue weighted by Crippen LogP contribution is -2.42. The summed E-state index contributed by atoms with van der Waals surface area (Å²) in [4.78, 5) is 4.88. The molecule has 1 heterocycles. The van der Waals surface area contributed by atoms with Crippen LogP contribution < -0.4 is 5.32 Å². The Balaban J connectivity index is 2.26. The Hall–Kier alpha value is -0.630. The molecule has 0 aromatic rings. The summed E-state index contributed by atoms with van der Waals surface area (Å²) in [6.45, 7) is 5.56. The van der Waals surface area contributed by atoms with Gasteiger partial charge in [0.25, 0.3) is 0 Å².